The van der Waals surface area contributed by atoms with Gasteiger partial charge in [0.1, 0.15) is 0 Å². The standard InChI is InChI=1S/C11H25NO2/c1-9(2)5-6-14-8-11(13)7-12-10(3)4/h9-13H,5-8H2,1-4H3. The molecule has 0 spiro atoms. The van der Waals surface area contributed by atoms with E-state index in [0.29, 0.717) is 25.1 Å². The highest BCUT2D eigenvalue weighted by Crippen LogP contribution is 1.99. The topological polar surface area (TPSA) is 41.5 Å². The third-order valence-electron chi connectivity index (χ3n) is 1.91. The van der Waals surface area contributed by atoms with Gasteiger partial charge < -0.3 is 15.2 Å². The fourth-order valence-electron chi connectivity index (χ4n) is 0.969. The lowest BCUT2D eigenvalue weighted by atomic mass is 10.1. The van der Waals surface area contributed by atoms with Crippen molar-refractivity contribution in [2.45, 2.75) is 46.3 Å². The molecule has 3 heteroatoms. The molecule has 0 heterocycles. The molecule has 0 aromatic carbocycles. The van der Waals surface area contributed by atoms with Crippen LogP contribution in [0.4, 0.5) is 0 Å². The van der Waals surface area contributed by atoms with Crippen LogP contribution in [0.15, 0.2) is 0 Å². The van der Waals surface area contributed by atoms with Gasteiger partial charge in [-0.15, -0.1) is 0 Å². The monoisotopic (exact) mass is 203 g/mol. The van der Waals surface area contributed by atoms with Crippen molar-refractivity contribution < 1.29 is 9.84 Å². The Balaban J connectivity index is 3.22. The van der Waals surface area contributed by atoms with E-state index in [4.69, 9.17) is 4.74 Å². The van der Waals surface area contributed by atoms with E-state index in [1.165, 1.54) is 0 Å². The second-order valence-electron chi connectivity index (χ2n) is 4.47. The molecule has 3 nitrogen and oxygen atoms in total. The molecule has 0 amide bonds. The number of rotatable bonds is 8. The Kier molecular flexibility index (Phi) is 8.14. The number of aliphatic hydroxyl groups excluding tert-OH is 1. The molecule has 0 saturated carbocycles. The van der Waals surface area contributed by atoms with Crippen LogP contribution in [0.5, 0.6) is 0 Å². The first-order valence-corrected chi connectivity index (χ1v) is 5.51. The predicted molar refractivity (Wildman–Crippen MR) is 59.4 cm³/mol. The van der Waals surface area contributed by atoms with Gasteiger partial charge in [0.05, 0.1) is 12.7 Å². The summed E-state index contributed by atoms with van der Waals surface area (Å²) in [5.41, 5.74) is 0. The van der Waals surface area contributed by atoms with Crippen molar-refractivity contribution in [2.24, 2.45) is 5.92 Å². The summed E-state index contributed by atoms with van der Waals surface area (Å²) >= 11 is 0. The summed E-state index contributed by atoms with van der Waals surface area (Å²) in [6, 6.07) is 0.417. The van der Waals surface area contributed by atoms with E-state index >= 15 is 0 Å². The van der Waals surface area contributed by atoms with Crippen molar-refractivity contribution in [3.8, 4) is 0 Å². The van der Waals surface area contributed by atoms with Crippen LogP contribution in [-0.2, 0) is 4.74 Å². The van der Waals surface area contributed by atoms with Crippen molar-refractivity contribution in [3.63, 3.8) is 0 Å². The number of aliphatic hydroxyl groups is 1. The van der Waals surface area contributed by atoms with Gasteiger partial charge in [-0.3, -0.25) is 0 Å². The summed E-state index contributed by atoms with van der Waals surface area (Å²) in [4.78, 5) is 0. The van der Waals surface area contributed by atoms with Crippen LogP contribution >= 0.6 is 0 Å². The van der Waals surface area contributed by atoms with Crippen molar-refractivity contribution in [1.29, 1.82) is 0 Å². The highest BCUT2D eigenvalue weighted by atomic mass is 16.5. The fraction of sp³-hybridized carbons (Fsp3) is 1.00. The van der Waals surface area contributed by atoms with E-state index in [1.54, 1.807) is 0 Å². The molecule has 2 N–H and O–H groups in total. The van der Waals surface area contributed by atoms with Gasteiger partial charge in [-0.25, -0.2) is 0 Å². The molecular weight excluding hydrogens is 178 g/mol. The smallest absolute Gasteiger partial charge is 0.0897 e. The third kappa shape index (κ3) is 9.96. The van der Waals surface area contributed by atoms with Gasteiger partial charge in [-0.05, 0) is 12.3 Å². The molecule has 0 aromatic heterocycles. The van der Waals surface area contributed by atoms with E-state index in [1.807, 2.05) is 0 Å². The Morgan fingerprint density at radius 1 is 1.21 bits per heavy atom. The maximum absolute atomic E-state index is 9.48. The van der Waals surface area contributed by atoms with Gasteiger partial charge in [-0.2, -0.15) is 0 Å². The Morgan fingerprint density at radius 2 is 1.86 bits per heavy atom. The first kappa shape index (κ1) is 13.9. The summed E-state index contributed by atoms with van der Waals surface area (Å²) in [5, 5.41) is 12.6. The third-order valence-corrected chi connectivity index (χ3v) is 1.91. The summed E-state index contributed by atoms with van der Waals surface area (Å²) in [5.74, 6) is 0.668. The van der Waals surface area contributed by atoms with Crippen LogP contribution in [0.2, 0.25) is 0 Å². The Morgan fingerprint density at radius 3 is 2.36 bits per heavy atom. The molecule has 86 valence electrons. The molecule has 0 saturated heterocycles. The normalized spacial score (nSPS) is 13.9. The largest absolute Gasteiger partial charge is 0.389 e. The molecule has 14 heavy (non-hydrogen) atoms. The summed E-state index contributed by atoms with van der Waals surface area (Å²) < 4.78 is 5.35. The van der Waals surface area contributed by atoms with Crippen molar-refractivity contribution in [3.05, 3.63) is 0 Å². The van der Waals surface area contributed by atoms with Crippen LogP contribution in [0.25, 0.3) is 0 Å². The minimum absolute atomic E-state index is 0.385. The lowest BCUT2D eigenvalue weighted by Gasteiger charge is -2.14. The van der Waals surface area contributed by atoms with Gasteiger partial charge >= 0.3 is 0 Å². The molecule has 0 fully saturated rings. The molecule has 0 bridgehead atoms. The molecule has 0 rings (SSSR count). The van der Waals surface area contributed by atoms with Gasteiger partial charge in [0.15, 0.2) is 0 Å². The van der Waals surface area contributed by atoms with Crippen LogP contribution in [0.1, 0.15) is 34.1 Å². The summed E-state index contributed by atoms with van der Waals surface area (Å²) in [7, 11) is 0. The minimum Gasteiger partial charge on any atom is -0.389 e. The Labute approximate surface area is 87.8 Å². The van der Waals surface area contributed by atoms with Crippen molar-refractivity contribution in [1.82, 2.24) is 5.32 Å². The average molecular weight is 203 g/mol. The Bertz CT molecular complexity index is 126. The number of ether oxygens (including phenoxy) is 1. The summed E-state index contributed by atoms with van der Waals surface area (Å²) in [6.07, 6.45) is 0.675. The zero-order valence-electron chi connectivity index (χ0n) is 9.92. The van der Waals surface area contributed by atoms with Crippen molar-refractivity contribution >= 4 is 0 Å². The number of hydrogen-bond acceptors (Lipinski definition) is 3. The van der Waals surface area contributed by atoms with Crippen LogP contribution < -0.4 is 5.32 Å². The highest BCUT2D eigenvalue weighted by Gasteiger charge is 2.04. The van der Waals surface area contributed by atoms with Gasteiger partial charge in [0, 0.05) is 19.2 Å². The first-order valence-electron chi connectivity index (χ1n) is 5.51. The lowest BCUT2D eigenvalue weighted by molar-refractivity contribution is 0.0321. The van der Waals surface area contributed by atoms with Crippen molar-refractivity contribution in [2.75, 3.05) is 19.8 Å². The molecule has 0 radical (unpaired) electrons. The zero-order chi connectivity index (χ0) is 11.0. The van der Waals surface area contributed by atoms with Gasteiger partial charge in [0.2, 0.25) is 0 Å². The molecule has 0 aliphatic carbocycles. The quantitative estimate of drug-likeness (QED) is 0.586. The second-order valence-corrected chi connectivity index (χ2v) is 4.47. The Hall–Kier alpha value is -0.120. The molecule has 0 aromatic rings. The van der Waals surface area contributed by atoms with E-state index in [0.717, 1.165) is 13.0 Å². The first-order chi connectivity index (χ1) is 6.52. The highest BCUT2D eigenvalue weighted by molar-refractivity contribution is 4.60. The lowest BCUT2D eigenvalue weighted by Crippen LogP contribution is -2.34. The second kappa shape index (κ2) is 8.21. The number of hydrogen-bond donors (Lipinski definition) is 2. The van der Waals surface area contributed by atoms with Gasteiger partial charge in [-0.1, -0.05) is 27.7 Å². The number of nitrogens with one attached hydrogen (secondary N) is 1. The molecule has 1 unspecified atom stereocenters. The van der Waals surface area contributed by atoms with E-state index in [-0.39, 0.29) is 6.10 Å². The summed E-state index contributed by atoms with van der Waals surface area (Å²) in [6.45, 7) is 10.3. The van der Waals surface area contributed by atoms with Crippen LogP contribution in [0, 0.1) is 5.92 Å². The molecule has 1 atom stereocenters. The van der Waals surface area contributed by atoms with E-state index in [9.17, 15) is 5.11 Å². The molecule has 0 aliphatic heterocycles. The maximum Gasteiger partial charge on any atom is 0.0897 e. The fourth-order valence-corrected chi connectivity index (χ4v) is 0.969. The minimum atomic E-state index is -0.385. The van der Waals surface area contributed by atoms with Crippen LogP contribution in [0.3, 0.4) is 0 Å². The van der Waals surface area contributed by atoms with Crippen LogP contribution in [-0.4, -0.2) is 37.0 Å². The maximum atomic E-state index is 9.48. The van der Waals surface area contributed by atoms with Gasteiger partial charge in [0.25, 0.3) is 0 Å². The zero-order valence-corrected chi connectivity index (χ0v) is 9.92. The SMILES string of the molecule is CC(C)CCOCC(O)CNC(C)C. The van der Waals surface area contributed by atoms with E-state index in [2.05, 4.69) is 33.0 Å². The molecular formula is C11H25NO2. The van der Waals surface area contributed by atoms with E-state index < -0.39 is 0 Å². The predicted octanol–water partition coefficient (Wildman–Crippen LogP) is 1.41. The molecule has 0 aliphatic rings. The average Bonchev–Trinajstić information content (AvgIpc) is 2.08.